The summed E-state index contributed by atoms with van der Waals surface area (Å²) in [4.78, 5) is 34.4. The molecule has 3 aromatic rings. The monoisotopic (exact) mass is 494 g/mol. The molecule has 0 atom stereocenters. The topological polar surface area (TPSA) is 119 Å². The number of halogens is 4. The molecule has 0 aliphatic heterocycles. The Balaban J connectivity index is 1.77. The summed E-state index contributed by atoms with van der Waals surface area (Å²) in [6.07, 6.45) is -4.50. The van der Waals surface area contributed by atoms with Crippen molar-refractivity contribution in [2.75, 3.05) is 5.32 Å². The minimum absolute atomic E-state index is 0.00852. The summed E-state index contributed by atoms with van der Waals surface area (Å²) in [5.41, 5.74) is -2.38. The number of hydrogen-bond donors (Lipinski definition) is 2. The van der Waals surface area contributed by atoms with Gasteiger partial charge >= 0.3 is 12.1 Å². The zero-order chi connectivity index (χ0) is 25.0. The maximum absolute atomic E-state index is 12.8. The molecular formula is C22H14ClF3N2O6. The number of carbonyl (C=O) groups is 2. The van der Waals surface area contributed by atoms with Crippen LogP contribution in [0.15, 0.2) is 60.7 Å². The number of nitrogens with one attached hydrogen (secondary N) is 1. The molecule has 0 aliphatic carbocycles. The van der Waals surface area contributed by atoms with Crippen LogP contribution in [0.2, 0.25) is 5.02 Å². The van der Waals surface area contributed by atoms with Crippen molar-refractivity contribution in [1.29, 1.82) is 0 Å². The number of amides is 1. The number of aromatic carboxylic acids is 1. The Hall–Kier alpha value is -4.12. The standard InChI is InChI=1S/C22H14ClF3N2O6/c23-16-10-14(27-20(29)19-15(21(30)31)5-2-6-17(19)28(32)33)7-8-18(16)34-11-12-3-1-4-13(9-12)22(24,25)26/h1-10H,11H2,(H,27,29)(H,30,31). The summed E-state index contributed by atoms with van der Waals surface area (Å²) in [5.74, 6) is -2.46. The number of nitro benzene ring substituents is 1. The van der Waals surface area contributed by atoms with Crippen molar-refractivity contribution in [3.8, 4) is 5.75 Å². The van der Waals surface area contributed by atoms with E-state index >= 15 is 0 Å². The van der Waals surface area contributed by atoms with Gasteiger partial charge in [-0.15, -0.1) is 0 Å². The van der Waals surface area contributed by atoms with Gasteiger partial charge in [0.15, 0.2) is 0 Å². The van der Waals surface area contributed by atoms with Gasteiger partial charge in [0.2, 0.25) is 0 Å². The molecule has 12 heteroatoms. The normalized spacial score (nSPS) is 11.1. The number of nitro groups is 1. The molecule has 0 saturated carbocycles. The number of carboxylic acids is 1. The molecule has 0 saturated heterocycles. The smallest absolute Gasteiger partial charge is 0.416 e. The highest BCUT2D eigenvalue weighted by molar-refractivity contribution is 6.32. The lowest BCUT2D eigenvalue weighted by molar-refractivity contribution is -0.385. The van der Waals surface area contributed by atoms with Gasteiger partial charge in [0.25, 0.3) is 11.6 Å². The van der Waals surface area contributed by atoms with Crippen LogP contribution >= 0.6 is 11.6 Å². The molecule has 2 N–H and O–H groups in total. The Morgan fingerprint density at radius 3 is 2.41 bits per heavy atom. The van der Waals surface area contributed by atoms with Crippen LogP contribution in [0.3, 0.4) is 0 Å². The summed E-state index contributed by atoms with van der Waals surface area (Å²) in [7, 11) is 0. The summed E-state index contributed by atoms with van der Waals surface area (Å²) in [5, 5.41) is 22.9. The van der Waals surface area contributed by atoms with Crippen LogP contribution in [0.1, 0.15) is 31.8 Å². The van der Waals surface area contributed by atoms with Gasteiger partial charge in [0.1, 0.15) is 17.9 Å². The fraction of sp³-hybridized carbons (Fsp3) is 0.0909. The van der Waals surface area contributed by atoms with E-state index in [1.54, 1.807) is 0 Å². The van der Waals surface area contributed by atoms with Crippen molar-refractivity contribution in [1.82, 2.24) is 0 Å². The third-order valence-electron chi connectivity index (χ3n) is 4.54. The molecule has 0 unspecified atom stereocenters. The van der Waals surface area contributed by atoms with Crippen molar-refractivity contribution in [2.45, 2.75) is 12.8 Å². The van der Waals surface area contributed by atoms with Gasteiger partial charge in [-0.2, -0.15) is 13.2 Å². The lowest BCUT2D eigenvalue weighted by atomic mass is 10.0. The number of ether oxygens (including phenoxy) is 1. The van der Waals surface area contributed by atoms with Crippen molar-refractivity contribution < 1.29 is 37.5 Å². The maximum atomic E-state index is 12.8. The Kier molecular flexibility index (Phi) is 7.06. The van der Waals surface area contributed by atoms with E-state index < -0.39 is 45.4 Å². The van der Waals surface area contributed by atoms with Gasteiger partial charge < -0.3 is 15.2 Å². The largest absolute Gasteiger partial charge is 0.487 e. The average Bonchev–Trinajstić information content (AvgIpc) is 2.77. The maximum Gasteiger partial charge on any atom is 0.416 e. The van der Waals surface area contributed by atoms with Gasteiger partial charge in [-0.05, 0) is 42.0 Å². The molecule has 0 bridgehead atoms. The first-order chi connectivity index (χ1) is 16.0. The molecule has 0 radical (unpaired) electrons. The second kappa shape index (κ2) is 9.79. The number of benzene rings is 3. The molecule has 0 spiro atoms. The van der Waals surface area contributed by atoms with Gasteiger partial charge in [0, 0.05) is 11.8 Å². The molecule has 1 amide bonds. The van der Waals surface area contributed by atoms with Gasteiger partial charge in [-0.25, -0.2) is 4.79 Å². The molecule has 176 valence electrons. The summed E-state index contributed by atoms with van der Waals surface area (Å²) in [6.45, 7) is -0.215. The predicted octanol–water partition coefficient (Wildman–Crippen LogP) is 5.80. The Labute approximate surface area is 194 Å². The van der Waals surface area contributed by atoms with E-state index in [-0.39, 0.29) is 28.6 Å². The highest BCUT2D eigenvalue weighted by atomic mass is 35.5. The van der Waals surface area contributed by atoms with E-state index in [2.05, 4.69) is 5.32 Å². The zero-order valence-corrected chi connectivity index (χ0v) is 17.7. The molecule has 0 fully saturated rings. The number of carboxylic acid groups (broad SMARTS) is 1. The van der Waals surface area contributed by atoms with Crippen LogP contribution < -0.4 is 10.1 Å². The number of carbonyl (C=O) groups excluding carboxylic acids is 1. The number of anilines is 1. The Bertz CT molecular complexity index is 1250. The van der Waals surface area contributed by atoms with Gasteiger partial charge in [0.05, 0.1) is 21.1 Å². The Morgan fingerprint density at radius 2 is 1.79 bits per heavy atom. The molecule has 34 heavy (non-hydrogen) atoms. The van der Waals surface area contributed by atoms with Crippen LogP contribution in [-0.2, 0) is 12.8 Å². The van der Waals surface area contributed by atoms with Crippen molar-refractivity contribution in [3.63, 3.8) is 0 Å². The number of nitrogens with zero attached hydrogens (tertiary/aromatic N) is 1. The van der Waals surface area contributed by atoms with Crippen molar-refractivity contribution in [3.05, 3.63) is 98.1 Å². The first-order valence-electron chi connectivity index (χ1n) is 9.38. The van der Waals surface area contributed by atoms with E-state index in [9.17, 15) is 38.0 Å². The summed E-state index contributed by atoms with van der Waals surface area (Å²) >= 11 is 6.13. The van der Waals surface area contributed by atoms with Crippen LogP contribution in [-0.4, -0.2) is 21.9 Å². The predicted molar refractivity (Wildman–Crippen MR) is 115 cm³/mol. The molecule has 0 aliphatic rings. The van der Waals surface area contributed by atoms with Crippen molar-refractivity contribution >= 4 is 34.9 Å². The van der Waals surface area contributed by atoms with Crippen molar-refractivity contribution in [2.24, 2.45) is 0 Å². The minimum Gasteiger partial charge on any atom is -0.487 e. The third-order valence-corrected chi connectivity index (χ3v) is 4.83. The SMILES string of the molecule is O=C(O)c1cccc([N+](=O)[O-])c1C(=O)Nc1ccc(OCc2cccc(C(F)(F)F)c2)c(Cl)c1. The van der Waals surface area contributed by atoms with Crippen LogP contribution in [0.5, 0.6) is 5.75 Å². The van der Waals surface area contributed by atoms with E-state index in [1.807, 2.05) is 0 Å². The highest BCUT2D eigenvalue weighted by Crippen LogP contribution is 2.32. The van der Waals surface area contributed by atoms with E-state index in [1.165, 1.54) is 30.3 Å². The number of alkyl halides is 3. The molecule has 3 aromatic carbocycles. The van der Waals surface area contributed by atoms with E-state index in [0.717, 1.165) is 30.3 Å². The highest BCUT2D eigenvalue weighted by Gasteiger charge is 2.30. The lowest BCUT2D eigenvalue weighted by Gasteiger charge is -2.12. The fourth-order valence-corrected chi connectivity index (χ4v) is 3.23. The molecular weight excluding hydrogens is 481 g/mol. The first-order valence-corrected chi connectivity index (χ1v) is 9.75. The molecule has 8 nitrogen and oxygen atoms in total. The molecule has 0 heterocycles. The fourth-order valence-electron chi connectivity index (χ4n) is 3.00. The summed E-state index contributed by atoms with van der Waals surface area (Å²) in [6, 6.07) is 11.7. The second-order valence-electron chi connectivity index (χ2n) is 6.85. The first kappa shape index (κ1) is 24.5. The lowest BCUT2D eigenvalue weighted by Crippen LogP contribution is -2.18. The number of hydrogen-bond acceptors (Lipinski definition) is 5. The number of rotatable bonds is 7. The van der Waals surface area contributed by atoms with Crippen LogP contribution in [0.25, 0.3) is 0 Å². The van der Waals surface area contributed by atoms with Gasteiger partial charge in [-0.3, -0.25) is 14.9 Å². The minimum atomic E-state index is -4.50. The van der Waals surface area contributed by atoms with Gasteiger partial charge in [-0.1, -0.05) is 29.8 Å². The summed E-state index contributed by atoms with van der Waals surface area (Å²) < 4.78 is 44.0. The quantitative estimate of drug-likeness (QED) is 0.316. The molecule has 0 aromatic heterocycles. The van der Waals surface area contributed by atoms with E-state index in [0.29, 0.717) is 0 Å². The zero-order valence-electron chi connectivity index (χ0n) is 16.9. The van der Waals surface area contributed by atoms with Crippen LogP contribution in [0, 0.1) is 10.1 Å². The average molecular weight is 495 g/mol. The molecule has 3 rings (SSSR count). The Morgan fingerprint density at radius 1 is 1.09 bits per heavy atom. The second-order valence-corrected chi connectivity index (χ2v) is 7.26. The third kappa shape index (κ3) is 5.62. The van der Waals surface area contributed by atoms with E-state index in [4.69, 9.17) is 16.3 Å². The van der Waals surface area contributed by atoms with Crippen LogP contribution in [0.4, 0.5) is 24.5 Å².